The predicted octanol–water partition coefficient (Wildman–Crippen LogP) is 4.74. The average molecular weight is 455 g/mol. The zero-order valence-corrected chi connectivity index (χ0v) is 18.4. The number of amides is 2. The van der Waals surface area contributed by atoms with Gasteiger partial charge in [0.2, 0.25) is 0 Å². The highest BCUT2D eigenvalue weighted by Crippen LogP contribution is 2.26. The van der Waals surface area contributed by atoms with Crippen molar-refractivity contribution in [2.75, 3.05) is 18.4 Å². The molecule has 2 heterocycles. The quantitative estimate of drug-likeness (QED) is 0.454. The zero-order chi connectivity index (χ0) is 22.7. The number of piperidine rings is 1. The molecule has 0 bridgehead atoms. The molecule has 1 saturated heterocycles. The molecule has 1 atom stereocenters. The van der Waals surface area contributed by atoms with Gasteiger partial charge in [-0.25, -0.2) is 9.59 Å². The summed E-state index contributed by atoms with van der Waals surface area (Å²) in [6, 6.07) is 13.6. The lowest BCUT2D eigenvalue weighted by atomic mass is 9.98. The maximum atomic E-state index is 12.7. The second-order valence-electron chi connectivity index (χ2n) is 7.88. The Kier molecular flexibility index (Phi) is 6.46. The van der Waals surface area contributed by atoms with Crippen molar-refractivity contribution in [2.45, 2.75) is 26.4 Å². The van der Waals surface area contributed by atoms with Gasteiger partial charge in [-0.2, -0.15) is 0 Å². The molecule has 0 spiro atoms. The standard InChI is InChI=1S/C24H23ClN2O5/c1-15-10-21-19(12-20(15)25)17(11-22(28)32-21)14-31-23(29)16-6-5-9-27(13-16)24(30)26-18-7-3-2-4-8-18/h2-4,7-8,10-12,16H,5-6,9,13-14H2,1H3,(H,26,30). The maximum Gasteiger partial charge on any atom is 0.336 e. The fourth-order valence-electron chi connectivity index (χ4n) is 3.81. The Bertz CT molecular complexity index is 1210. The van der Waals surface area contributed by atoms with Crippen LogP contribution in [0.1, 0.15) is 24.0 Å². The van der Waals surface area contributed by atoms with Crippen molar-refractivity contribution in [3.05, 3.63) is 75.1 Å². The van der Waals surface area contributed by atoms with E-state index in [1.807, 2.05) is 37.3 Å². The number of urea groups is 1. The smallest absolute Gasteiger partial charge is 0.336 e. The van der Waals surface area contributed by atoms with Crippen molar-refractivity contribution in [2.24, 2.45) is 5.92 Å². The van der Waals surface area contributed by atoms with Gasteiger partial charge in [0, 0.05) is 40.8 Å². The second-order valence-corrected chi connectivity index (χ2v) is 8.28. The monoisotopic (exact) mass is 454 g/mol. The number of likely N-dealkylation sites (tertiary alicyclic amines) is 1. The van der Waals surface area contributed by atoms with E-state index in [9.17, 15) is 14.4 Å². The largest absolute Gasteiger partial charge is 0.461 e. The highest BCUT2D eigenvalue weighted by Gasteiger charge is 2.29. The number of anilines is 1. The van der Waals surface area contributed by atoms with Gasteiger partial charge in [-0.1, -0.05) is 29.8 Å². The number of hydrogen-bond donors (Lipinski definition) is 1. The first kappa shape index (κ1) is 21.9. The summed E-state index contributed by atoms with van der Waals surface area (Å²) in [7, 11) is 0. The van der Waals surface area contributed by atoms with Crippen LogP contribution in [-0.2, 0) is 16.1 Å². The molecular formula is C24H23ClN2O5. The van der Waals surface area contributed by atoms with Crippen molar-refractivity contribution in [1.29, 1.82) is 0 Å². The molecule has 4 rings (SSSR count). The third-order valence-electron chi connectivity index (χ3n) is 5.55. The van der Waals surface area contributed by atoms with Crippen LogP contribution in [0, 0.1) is 12.8 Å². The van der Waals surface area contributed by atoms with Crippen LogP contribution in [0.4, 0.5) is 10.5 Å². The highest BCUT2D eigenvalue weighted by atomic mass is 35.5. The first-order valence-corrected chi connectivity index (χ1v) is 10.8. The molecular weight excluding hydrogens is 432 g/mol. The minimum atomic E-state index is -0.522. The van der Waals surface area contributed by atoms with Gasteiger partial charge < -0.3 is 19.4 Å². The third-order valence-corrected chi connectivity index (χ3v) is 5.95. The number of benzene rings is 2. The van der Waals surface area contributed by atoms with E-state index in [4.69, 9.17) is 20.8 Å². The van der Waals surface area contributed by atoms with Crippen LogP contribution in [-0.4, -0.2) is 30.0 Å². The third kappa shape index (κ3) is 4.94. The van der Waals surface area contributed by atoms with Crippen LogP contribution in [0.2, 0.25) is 5.02 Å². The van der Waals surface area contributed by atoms with Crippen LogP contribution < -0.4 is 10.9 Å². The van der Waals surface area contributed by atoms with E-state index in [2.05, 4.69) is 5.32 Å². The van der Waals surface area contributed by atoms with Crippen LogP contribution in [0.3, 0.4) is 0 Å². The first-order chi connectivity index (χ1) is 15.4. The van der Waals surface area contributed by atoms with E-state index in [0.717, 1.165) is 5.56 Å². The molecule has 2 amide bonds. The molecule has 8 heteroatoms. The zero-order valence-electron chi connectivity index (χ0n) is 17.6. The van der Waals surface area contributed by atoms with E-state index in [1.165, 1.54) is 6.07 Å². The molecule has 3 aromatic rings. The number of carbonyl (C=O) groups is 2. The Labute approximate surface area is 189 Å². The summed E-state index contributed by atoms with van der Waals surface area (Å²) in [5.74, 6) is -0.829. The van der Waals surface area contributed by atoms with Crippen molar-refractivity contribution in [3.63, 3.8) is 0 Å². The topological polar surface area (TPSA) is 88.8 Å². The Balaban J connectivity index is 1.41. The number of nitrogens with one attached hydrogen (secondary N) is 1. The Morgan fingerprint density at radius 2 is 2.00 bits per heavy atom. The molecule has 32 heavy (non-hydrogen) atoms. The summed E-state index contributed by atoms with van der Waals surface area (Å²) in [6.45, 7) is 2.59. The van der Waals surface area contributed by atoms with E-state index < -0.39 is 17.5 Å². The average Bonchev–Trinajstić information content (AvgIpc) is 2.79. The number of aryl methyl sites for hydroxylation is 1. The SMILES string of the molecule is Cc1cc2oc(=O)cc(COC(=O)C3CCCN(C(=O)Nc4ccccc4)C3)c2cc1Cl. The van der Waals surface area contributed by atoms with Crippen LogP contribution in [0.5, 0.6) is 0 Å². The predicted molar refractivity (Wildman–Crippen MR) is 122 cm³/mol. The molecule has 1 N–H and O–H groups in total. The molecule has 7 nitrogen and oxygen atoms in total. The Hall–Kier alpha value is -3.32. The molecule has 1 aliphatic heterocycles. The Morgan fingerprint density at radius 1 is 1.22 bits per heavy atom. The van der Waals surface area contributed by atoms with E-state index in [-0.39, 0.29) is 19.2 Å². The number of fused-ring (bicyclic) bond motifs is 1. The van der Waals surface area contributed by atoms with E-state index >= 15 is 0 Å². The number of esters is 1. The number of carbonyl (C=O) groups excluding carboxylic acids is 2. The minimum absolute atomic E-state index is 0.0764. The molecule has 1 aromatic heterocycles. The number of ether oxygens (including phenoxy) is 1. The second kappa shape index (κ2) is 9.44. The molecule has 166 valence electrons. The van der Waals surface area contributed by atoms with Crippen molar-refractivity contribution < 1.29 is 18.7 Å². The van der Waals surface area contributed by atoms with Gasteiger partial charge in [0.15, 0.2) is 0 Å². The number of para-hydroxylation sites is 1. The van der Waals surface area contributed by atoms with Gasteiger partial charge >= 0.3 is 17.6 Å². The molecule has 1 fully saturated rings. The van der Waals surface area contributed by atoms with Crippen molar-refractivity contribution >= 4 is 40.3 Å². The van der Waals surface area contributed by atoms with Crippen LogP contribution in [0.25, 0.3) is 11.0 Å². The van der Waals surface area contributed by atoms with Crippen molar-refractivity contribution in [1.82, 2.24) is 4.90 Å². The minimum Gasteiger partial charge on any atom is -0.461 e. The maximum absolute atomic E-state index is 12.7. The first-order valence-electron chi connectivity index (χ1n) is 10.4. The number of rotatable bonds is 4. The van der Waals surface area contributed by atoms with E-state index in [1.54, 1.807) is 17.0 Å². The normalized spacial score (nSPS) is 16.1. The molecule has 0 saturated carbocycles. The fourth-order valence-corrected chi connectivity index (χ4v) is 3.98. The van der Waals surface area contributed by atoms with Gasteiger partial charge in [-0.15, -0.1) is 0 Å². The lowest BCUT2D eigenvalue weighted by Gasteiger charge is -2.31. The molecule has 1 unspecified atom stereocenters. The summed E-state index contributed by atoms with van der Waals surface area (Å²) in [5.41, 5.74) is 1.89. The lowest BCUT2D eigenvalue weighted by molar-refractivity contribution is -0.151. The highest BCUT2D eigenvalue weighted by molar-refractivity contribution is 6.32. The van der Waals surface area contributed by atoms with Crippen molar-refractivity contribution in [3.8, 4) is 0 Å². The number of halogens is 1. The van der Waals surface area contributed by atoms with Gasteiger partial charge in [0.1, 0.15) is 12.2 Å². The van der Waals surface area contributed by atoms with Crippen LogP contribution >= 0.6 is 11.6 Å². The Morgan fingerprint density at radius 3 is 2.78 bits per heavy atom. The van der Waals surface area contributed by atoms with Gasteiger partial charge in [-0.05, 0) is 49.6 Å². The fraction of sp³-hybridized carbons (Fsp3) is 0.292. The number of hydrogen-bond acceptors (Lipinski definition) is 5. The number of nitrogens with zero attached hydrogens (tertiary/aromatic N) is 1. The molecule has 1 aliphatic rings. The summed E-state index contributed by atoms with van der Waals surface area (Å²) < 4.78 is 10.8. The summed E-state index contributed by atoms with van der Waals surface area (Å²) >= 11 is 6.22. The summed E-state index contributed by atoms with van der Waals surface area (Å²) in [6.07, 6.45) is 1.34. The summed E-state index contributed by atoms with van der Waals surface area (Å²) in [4.78, 5) is 38.8. The molecule has 2 aromatic carbocycles. The van der Waals surface area contributed by atoms with Gasteiger partial charge in [0.05, 0.1) is 5.92 Å². The molecule has 0 aliphatic carbocycles. The van der Waals surface area contributed by atoms with Gasteiger partial charge in [-0.3, -0.25) is 4.79 Å². The molecule has 0 radical (unpaired) electrons. The van der Waals surface area contributed by atoms with Gasteiger partial charge in [0.25, 0.3) is 0 Å². The van der Waals surface area contributed by atoms with E-state index in [0.29, 0.717) is 46.6 Å². The van der Waals surface area contributed by atoms with Crippen LogP contribution in [0.15, 0.2) is 57.7 Å². The summed E-state index contributed by atoms with van der Waals surface area (Å²) in [5, 5.41) is 4.00. The lowest BCUT2D eigenvalue weighted by Crippen LogP contribution is -2.44.